The quantitative estimate of drug-likeness (QED) is 0.253. The van der Waals surface area contributed by atoms with E-state index in [-0.39, 0.29) is 18.3 Å². The summed E-state index contributed by atoms with van der Waals surface area (Å²) in [6, 6.07) is 28.3. The second-order valence-electron chi connectivity index (χ2n) is 8.27. The van der Waals surface area contributed by atoms with Gasteiger partial charge in [0, 0.05) is 5.56 Å². The van der Waals surface area contributed by atoms with Gasteiger partial charge in [0.1, 0.15) is 18.1 Å². The van der Waals surface area contributed by atoms with E-state index in [4.69, 9.17) is 21.1 Å². The molecule has 5 nitrogen and oxygen atoms in total. The average molecular weight is 513 g/mol. The first-order valence-corrected chi connectivity index (χ1v) is 11.9. The van der Waals surface area contributed by atoms with Gasteiger partial charge in [0.15, 0.2) is 11.5 Å². The zero-order valence-corrected chi connectivity index (χ0v) is 20.7. The van der Waals surface area contributed by atoms with Gasteiger partial charge in [-0.05, 0) is 53.6 Å². The van der Waals surface area contributed by atoms with Gasteiger partial charge in [0.25, 0.3) is 5.91 Å². The minimum Gasteiger partial charge on any atom is -0.493 e. The van der Waals surface area contributed by atoms with E-state index in [2.05, 4.69) is 5.10 Å². The summed E-state index contributed by atoms with van der Waals surface area (Å²) in [5, 5.41) is 6.37. The number of carbonyl (C=O) groups is 1. The monoisotopic (exact) mass is 512 g/mol. The molecule has 0 N–H and O–H groups in total. The third-order valence-corrected chi connectivity index (χ3v) is 6.07. The topological polar surface area (TPSA) is 51.1 Å². The van der Waals surface area contributed by atoms with Crippen molar-refractivity contribution in [2.75, 3.05) is 12.1 Å². The Bertz CT molecular complexity index is 1490. The van der Waals surface area contributed by atoms with E-state index in [0.29, 0.717) is 39.1 Å². The number of nitrogens with zero attached hydrogens (tertiary/aromatic N) is 2. The van der Waals surface area contributed by atoms with Crippen LogP contribution in [0.1, 0.15) is 16.7 Å². The van der Waals surface area contributed by atoms with Crippen LogP contribution >= 0.6 is 11.6 Å². The number of carbonyl (C=O) groups excluding carboxylic acids is 1. The summed E-state index contributed by atoms with van der Waals surface area (Å²) in [5.41, 5.74) is 3.90. The molecular formula is C30H22ClFN2O3. The van der Waals surface area contributed by atoms with Gasteiger partial charge in [-0.1, -0.05) is 72.3 Å². The van der Waals surface area contributed by atoms with Crippen LogP contribution in [0.25, 0.3) is 6.08 Å². The number of hydrogen-bond acceptors (Lipinski definition) is 4. The van der Waals surface area contributed by atoms with Gasteiger partial charge >= 0.3 is 0 Å². The lowest BCUT2D eigenvalue weighted by atomic mass is 10.00. The van der Waals surface area contributed by atoms with Gasteiger partial charge in [0.05, 0.1) is 23.4 Å². The van der Waals surface area contributed by atoms with Crippen LogP contribution in [-0.2, 0) is 11.4 Å². The van der Waals surface area contributed by atoms with Crippen molar-refractivity contribution >= 4 is 35.0 Å². The highest BCUT2D eigenvalue weighted by molar-refractivity contribution is 6.37. The van der Waals surface area contributed by atoms with Crippen molar-refractivity contribution < 1.29 is 18.7 Å². The Balaban J connectivity index is 1.50. The molecule has 0 aromatic heterocycles. The predicted octanol–water partition coefficient (Wildman–Crippen LogP) is 6.90. The van der Waals surface area contributed by atoms with Crippen molar-refractivity contribution in [2.45, 2.75) is 6.61 Å². The normalized spacial score (nSPS) is 14.1. The number of ether oxygens (including phenoxy) is 2. The van der Waals surface area contributed by atoms with Crippen LogP contribution in [-0.4, -0.2) is 18.7 Å². The average Bonchev–Trinajstić information content (AvgIpc) is 3.25. The predicted molar refractivity (Wildman–Crippen MR) is 144 cm³/mol. The minimum absolute atomic E-state index is 0.187. The molecule has 4 aromatic carbocycles. The van der Waals surface area contributed by atoms with Gasteiger partial charge < -0.3 is 9.47 Å². The van der Waals surface area contributed by atoms with E-state index in [9.17, 15) is 9.18 Å². The maximum atomic E-state index is 13.5. The van der Waals surface area contributed by atoms with Crippen LogP contribution in [0, 0.1) is 5.82 Å². The fourth-order valence-electron chi connectivity index (χ4n) is 3.96. The molecule has 1 amide bonds. The molecular weight excluding hydrogens is 491 g/mol. The van der Waals surface area contributed by atoms with Crippen molar-refractivity contribution in [2.24, 2.45) is 5.10 Å². The summed E-state index contributed by atoms with van der Waals surface area (Å²) in [6.07, 6.45) is 1.75. The Hall–Kier alpha value is -4.42. The highest BCUT2D eigenvalue weighted by Crippen LogP contribution is 2.38. The van der Waals surface area contributed by atoms with Gasteiger partial charge in [0.2, 0.25) is 0 Å². The Kier molecular flexibility index (Phi) is 7.01. The summed E-state index contributed by atoms with van der Waals surface area (Å²) in [6.45, 7) is 0.187. The van der Waals surface area contributed by atoms with Crippen molar-refractivity contribution in [3.63, 3.8) is 0 Å². The molecule has 0 spiro atoms. The number of hydrazone groups is 1. The van der Waals surface area contributed by atoms with E-state index in [1.807, 2.05) is 60.7 Å². The maximum Gasteiger partial charge on any atom is 0.281 e. The summed E-state index contributed by atoms with van der Waals surface area (Å²) < 4.78 is 24.6. The number of anilines is 1. The Morgan fingerprint density at radius 1 is 0.946 bits per heavy atom. The maximum absolute atomic E-state index is 13.5. The molecule has 4 aromatic rings. The zero-order chi connectivity index (χ0) is 25.8. The smallest absolute Gasteiger partial charge is 0.281 e. The van der Waals surface area contributed by atoms with Crippen LogP contribution in [0.4, 0.5) is 10.1 Å². The molecule has 0 saturated heterocycles. The largest absolute Gasteiger partial charge is 0.493 e. The molecule has 0 fully saturated rings. The lowest BCUT2D eigenvalue weighted by molar-refractivity contribution is -0.114. The highest BCUT2D eigenvalue weighted by Gasteiger charge is 2.32. The van der Waals surface area contributed by atoms with Crippen LogP contribution in [0.15, 0.2) is 108 Å². The van der Waals surface area contributed by atoms with Crippen LogP contribution < -0.4 is 14.5 Å². The Labute approximate surface area is 219 Å². The first kappa shape index (κ1) is 24.3. The summed E-state index contributed by atoms with van der Waals surface area (Å²) in [7, 11) is 1.52. The minimum atomic E-state index is -0.317. The summed E-state index contributed by atoms with van der Waals surface area (Å²) in [4.78, 5) is 13.5. The summed E-state index contributed by atoms with van der Waals surface area (Å²) in [5.74, 6) is 0.195. The molecule has 0 aliphatic carbocycles. The van der Waals surface area contributed by atoms with Crippen molar-refractivity contribution in [3.8, 4) is 11.5 Å². The molecule has 184 valence electrons. The van der Waals surface area contributed by atoms with E-state index in [1.165, 1.54) is 24.3 Å². The first-order valence-electron chi connectivity index (χ1n) is 11.5. The molecule has 0 radical (unpaired) electrons. The second kappa shape index (κ2) is 10.7. The molecule has 5 rings (SSSR count). The summed E-state index contributed by atoms with van der Waals surface area (Å²) >= 11 is 6.58. The van der Waals surface area contributed by atoms with Crippen LogP contribution in [0.2, 0.25) is 5.02 Å². The first-order chi connectivity index (χ1) is 18.0. The zero-order valence-electron chi connectivity index (χ0n) is 19.9. The molecule has 1 heterocycles. The van der Waals surface area contributed by atoms with E-state index < -0.39 is 0 Å². The van der Waals surface area contributed by atoms with E-state index in [1.54, 1.807) is 30.3 Å². The van der Waals surface area contributed by atoms with Gasteiger partial charge in [-0.25, -0.2) is 4.39 Å². The van der Waals surface area contributed by atoms with Crippen molar-refractivity contribution in [1.82, 2.24) is 0 Å². The molecule has 7 heteroatoms. The standard InChI is InChI=1S/C30H22ClFN2O3/c1-36-27-18-21(17-26(31)29(27)37-19-20-12-14-23(32)15-13-20)16-25-28(22-8-4-2-5-9-22)33-34(30(25)35)24-10-6-3-7-11-24/h2-18H,19H2,1H3/b25-16-. The molecule has 0 atom stereocenters. The molecule has 0 saturated carbocycles. The Morgan fingerprint density at radius 2 is 1.62 bits per heavy atom. The third-order valence-electron chi connectivity index (χ3n) is 5.79. The number of rotatable bonds is 7. The van der Waals surface area contributed by atoms with Gasteiger partial charge in [-0.2, -0.15) is 10.1 Å². The van der Waals surface area contributed by atoms with Crippen molar-refractivity contribution in [1.29, 1.82) is 0 Å². The number of amides is 1. The van der Waals surface area contributed by atoms with Crippen LogP contribution in [0.3, 0.4) is 0 Å². The lowest BCUT2D eigenvalue weighted by Crippen LogP contribution is -2.21. The third kappa shape index (κ3) is 5.25. The second-order valence-corrected chi connectivity index (χ2v) is 8.68. The van der Waals surface area contributed by atoms with E-state index in [0.717, 1.165) is 11.1 Å². The number of para-hydroxylation sites is 1. The molecule has 37 heavy (non-hydrogen) atoms. The highest BCUT2D eigenvalue weighted by atomic mass is 35.5. The van der Waals surface area contributed by atoms with Gasteiger partial charge in [-0.3, -0.25) is 4.79 Å². The molecule has 0 bridgehead atoms. The number of methoxy groups -OCH3 is 1. The Morgan fingerprint density at radius 3 is 2.30 bits per heavy atom. The molecule has 0 unspecified atom stereocenters. The van der Waals surface area contributed by atoms with Crippen LogP contribution in [0.5, 0.6) is 11.5 Å². The molecule has 1 aliphatic heterocycles. The van der Waals surface area contributed by atoms with Gasteiger partial charge in [-0.15, -0.1) is 0 Å². The van der Waals surface area contributed by atoms with E-state index >= 15 is 0 Å². The lowest BCUT2D eigenvalue weighted by Gasteiger charge is -2.14. The molecule has 1 aliphatic rings. The van der Waals surface area contributed by atoms with Crippen molar-refractivity contribution in [3.05, 3.63) is 130 Å². The number of hydrogen-bond donors (Lipinski definition) is 0. The fourth-order valence-corrected chi connectivity index (χ4v) is 4.24. The fraction of sp³-hybridized carbons (Fsp3) is 0.0667. The number of halogens is 2. The number of benzene rings is 4. The SMILES string of the molecule is COc1cc(/C=C2\C(=O)N(c3ccccc3)N=C2c2ccccc2)cc(Cl)c1OCc1ccc(F)cc1.